The van der Waals surface area contributed by atoms with Gasteiger partial charge in [0.05, 0.1) is 12.6 Å². The molecule has 1 aliphatic rings. The van der Waals surface area contributed by atoms with Gasteiger partial charge in [0.1, 0.15) is 5.60 Å². The van der Waals surface area contributed by atoms with Gasteiger partial charge in [0.15, 0.2) is 0 Å². The van der Waals surface area contributed by atoms with Crippen molar-refractivity contribution >= 4 is 6.09 Å². The second-order valence-electron chi connectivity index (χ2n) is 5.21. The lowest BCUT2D eigenvalue weighted by Crippen LogP contribution is -2.28. The first-order chi connectivity index (χ1) is 7.44. The molecule has 4 nitrogen and oxygen atoms in total. The van der Waals surface area contributed by atoms with E-state index in [-0.39, 0.29) is 12.1 Å². The molecule has 16 heavy (non-hydrogen) atoms. The zero-order valence-electron chi connectivity index (χ0n) is 10.8. The molecule has 4 heteroatoms. The predicted octanol–water partition coefficient (Wildman–Crippen LogP) is 2.42. The molecule has 0 aromatic rings. The smallest absolute Gasteiger partial charge is 0.410 e. The molecule has 1 amide bonds. The Kier molecular flexibility index (Phi) is 4.59. The molecule has 1 saturated heterocycles. The van der Waals surface area contributed by atoms with E-state index in [1.54, 1.807) is 4.90 Å². The Morgan fingerprint density at radius 3 is 2.69 bits per heavy atom. The summed E-state index contributed by atoms with van der Waals surface area (Å²) < 4.78 is 10.7. The molecule has 1 atom stereocenters. The summed E-state index contributed by atoms with van der Waals surface area (Å²) >= 11 is 0. The van der Waals surface area contributed by atoms with Crippen LogP contribution in [-0.2, 0) is 9.47 Å². The standard InChI is InChI=1S/C12H23NO3/c1-5-6-7-15-9-10-8-13(10)11(14)16-12(2,3)4/h10H,5-9H2,1-4H3. The molecule has 0 N–H and O–H groups in total. The number of unbranched alkanes of at least 4 members (excludes halogenated alkanes) is 1. The summed E-state index contributed by atoms with van der Waals surface area (Å²) in [6, 6.07) is 0.228. The molecule has 0 aromatic heterocycles. The third-order valence-electron chi connectivity index (χ3n) is 2.30. The van der Waals surface area contributed by atoms with Crippen molar-refractivity contribution in [2.24, 2.45) is 0 Å². The Labute approximate surface area is 97.9 Å². The third-order valence-corrected chi connectivity index (χ3v) is 2.30. The van der Waals surface area contributed by atoms with Crippen molar-refractivity contribution in [3.63, 3.8) is 0 Å². The maximum atomic E-state index is 11.6. The number of ether oxygens (including phenoxy) is 2. The van der Waals surface area contributed by atoms with Crippen molar-refractivity contribution < 1.29 is 14.3 Å². The van der Waals surface area contributed by atoms with E-state index in [0.29, 0.717) is 6.61 Å². The van der Waals surface area contributed by atoms with Crippen LogP contribution in [0.5, 0.6) is 0 Å². The molecule has 0 bridgehead atoms. The molecule has 0 saturated carbocycles. The Bertz CT molecular complexity index is 235. The second-order valence-corrected chi connectivity index (χ2v) is 5.21. The minimum atomic E-state index is -0.409. The van der Waals surface area contributed by atoms with Crippen LogP contribution in [0.3, 0.4) is 0 Å². The van der Waals surface area contributed by atoms with Gasteiger partial charge in [0, 0.05) is 13.2 Å². The molecule has 1 fully saturated rings. The molecule has 1 unspecified atom stereocenters. The van der Waals surface area contributed by atoms with E-state index in [4.69, 9.17) is 9.47 Å². The van der Waals surface area contributed by atoms with Gasteiger partial charge in [-0.3, -0.25) is 4.90 Å². The number of hydrogen-bond donors (Lipinski definition) is 0. The van der Waals surface area contributed by atoms with Crippen LogP contribution in [0.4, 0.5) is 4.79 Å². The van der Waals surface area contributed by atoms with E-state index in [1.807, 2.05) is 20.8 Å². The molecular weight excluding hydrogens is 206 g/mol. The maximum absolute atomic E-state index is 11.6. The van der Waals surface area contributed by atoms with Crippen molar-refractivity contribution in [3.05, 3.63) is 0 Å². The molecule has 1 rings (SSSR count). The van der Waals surface area contributed by atoms with Gasteiger partial charge < -0.3 is 9.47 Å². The highest BCUT2D eigenvalue weighted by Crippen LogP contribution is 2.21. The minimum absolute atomic E-state index is 0.225. The fourth-order valence-electron chi connectivity index (χ4n) is 1.33. The Morgan fingerprint density at radius 1 is 1.44 bits per heavy atom. The first kappa shape index (κ1) is 13.3. The summed E-state index contributed by atoms with van der Waals surface area (Å²) in [5.41, 5.74) is -0.409. The maximum Gasteiger partial charge on any atom is 0.410 e. The summed E-state index contributed by atoms with van der Waals surface area (Å²) in [7, 11) is 0. The van der Waals surface area contributed by atoms with Crippen molar-refractivity contribution in [3.8, 4) is 0 Å². The summed E-state index contributed by atoms with van der Waals surface area (Å²) in [4.78, 5) is 13.3. The average molecular weight is 229 g/mol. The van der Waals surface area contributed by atoms with E-state index in [2.05, 4.69) is 6.92 Å². The number of carbonyl (C=O) groups excluding carboxylic acids is 1. The minimum Gasteiger partial charge on any atom is -0.444 e. The van der Waals surface area contributed by atoms with Gasteiger partial charge in [-0.25, -0.2) is 4.79 Å². The zero-order valence-corrected chi connectivity index (χ0v) is 10.8. The average Bonchev–Trinajstić information content (AvgIpc) is 2.89. The summed E-state index contributed by atoms with van der Waals surface area (Å²) in [6.45, 7) is 9.95. The Balaban J connectivity index is 2.11. The molecule has 0 spiro atoms. The SMILES string of the molecule is CCCCOCC1CN1C(=O)OC(C)(C)C. The normalized spacial score (nSPS) is 19.8. The Hall–Kier alpha value is -0.770. The fraction of sp³-hybridized carbons (Fsp3) is 0.917. The summed E-state index contributed by atoms with van der Waals surface area (Å²) in [5, 5.41) is 0. The van der Waals surface area contributed by atoms with Gasteiger partial charge in [-0.05, 0) is 27.2 Å². The van der Waals surface area contributed by atoms with E-state index >= 15 is 0 Å². The van der Waals surface area contributed by atoms with Crippen LogP contribution in [0.25, 0.3) is 0 Å². The van der Waals surface area contributed by atoms with Gasteiger partial charge in [0.2, 0.25) is 0 Å². The topological polar surface area (TPSA) is 38.5 Å². The highest BCUT2D eigenvalue weighted by molar-refractivity contribution is 5.71. The lowest BCUT2D eigenvalue weighted by molar-refractivity contribution is 0.0375. The van der Waals surface area contributed by atoms with E-state index < -0.39 is 5.60 Å². The molecule has 0 aromatic carbocycles. The van der Waals surface area contributed by atoms with Crippen molar-refractivity contribution in [1.29, 1.82) is 0 Å². The highest BCUT2D eigenvalue weighted by Gasteiger charge is 2.40. The van der Waals surface area contributed by atoms with Crippen LogP contribution in [0, 0.1) is 0 Å². The van der Waals surface area contributed by atoms with E-state index in [1.165, 1.54) is 0 Å². The van der Waals surface area contributed by atoms with Gasteiger partial charge in [0.25, 0.3) is 0 Å². The number of hydrogen-bond acceptors (Lipinski definition) is 3. The number of amides is 1. The summed E-state index contributed by atoms with van der Waals surface area (Å²) in [5.74, 6) is 0. The largest absolute Gasteiger partial charge is 0.444 e. The first-order valence-electron chi connectivity index (χ1n) is 6.01. The second kappa shape index (κ2) is 5.53. The molecule has 1 heterocycles. The lowest BCUT2D eigenvalue weighted by Gasteiger charge is -2.19. The van der Waals surface area contributed by atoms with Crippen LogP contribution in [0.2, 0.25) is 0 Å². The number of nitrogens with zero attached hydrogens (tertiary/aromatic N) is 1. The van der Waals surface area contributed by atoms with E-state index in [9.17, 15) is 4.79 Å². The monoisotopic (exact) mass is 229 g/mol. The predicted molar refractivity (Wildman–Crippen MR) is 62.5 cm³/mol. The van der Waals surface area contributed by atoms with E-state index in [0.717, 1.165) is 26.0 Å². The summed E-state index contributed by atoms with van der Waals surface area (Å²) in [6.07, 6.45) is 2.00. The van der Waals surface area contributed by atoms with Crippen molar-refractivity contribution in [2.45, 2.75) is 52.2 Å². The number of carbonyl (C=O) groups is 1. The van der Waals surface area contributed by atoms with Crippen LogP contribution in [0.15, 0.2) is 0 Å². The molecule has 1 aliphatic heterocycles. The third kappa shape index (κ3) is 4.84. The fourth-order valence-corrected chi connectivity index (χ4v) is 1.33. The molecular formula is C12H23NO3. The quantitative estimate of drug-likeness (QED) is 0.537. The molecule has 0 aliphatic carbocycles. The van der Waals surface area contributed by atoms with Gasteiger partial charge in [-0.15, -0.1) is 0 Å². The van der Waals surface area contributed by atoms with Crippen molar-refractivity contribution in [2.75, 3.05) is 19.8 Å². The highest BCUT2D eigenvalue weighted by atomic mass is 16.6. The van der Waals surface area contributed by atoms with Gasteiger partial charge in [-0.1, -0.05) is 13.3 Å². The van der Waals surface area contributed by atoms with Crippen LogP contribution < -0.4 is 0 Å². The van der Waals surface area contributed by atoms with Gasteiger partial charge >= 0.3 is 6.09 Å². The lowest BCUT2D eigenvalue weighted by atomic mass is 10.2. The first-order valence-corrected chi connectivity index (χ1v) is 6.01. The van der Waals surface area contributed by atoms with Crippen LogP contribution >= 0.6 is 0 Å². The van der Waals surface area contributed by atoms with Gasteiger partial charge in [-0.2, -0.15) is 0 Å². The van der Waals surface area contributed by atoms with Crippen LogP contribution in [0.1, 0.15) is 40.5 Å². The zero-order chi connectivity index (χ0) is 12.2. The van der Waals surface area contributed by atoms with Crippen molar-refractivity contribution in [1.82, 2.24) is 4.90 Å². The Morgan fingerprint density at radius 2 is 2.12 bits per heavy atom. The molecule has 0 radical (unpaired) electrons. The molecule has 94 valence electrons. The van der Waals surface area contributed by atoms with Crippen LogP contribution in [-0.4, -0.2) is 42.4 Å². The number of rotatable bonds is 5.